The zero-order chi connectivity index (χ0) is 14.8. The van der Waals surface area contributed by atoms with Crippen molar-refractivity contribution in [3.63, 3.8) is 0 Å². The van der Waals surface area contributed by atoms with Crippen molar-refractivity contribution >= 4 is 5.69 Å². The third-order valence-corrected chi connectivity index (χ3v) is 3.85. The van der Waals surface area contributed by atoms with E-state index in [2.05, 4.69) is 18.7 Å². The Hall–Kier alpha value is -1.09. The van der Waals surface area contributed by atoms with Gasteiger partial charge in [0.2, 0.25) is 0 Å². The lowest BCUT2D eigenvalue weighted by molar-refractivity contribution is 0.515. The number of anilines is 1. The van der Waals surface area contributed by atoms with Crippen LogP contribution in [0.4, 0.5) is 10.1 Å². The van der Waals surface area contributed by atoms with Gasteiger partial charge in [-0.25, -0.2) is 4.39 Å². The molecule has 114 valence electrons. The van der Waals surface area contributed by atoms with E-state index >= 15 is 0 Å². The number of halogens is 1. The molecule has 0 aliphatic heterocycles. The number of likely N-dealkylation sites (N-methyl/N-ethyl adjacent to an activating group) is 1. The van der Waals surface area contributed by atoms with E-state index in [1.54, 1.807) is 0 Å². The maximum atomic E-state index is 13.0. The monoisotopic (exact) mass is 280 g/mol. The van der Waals surface area contributed by atoms with Crippen LogP contribution in [0.2, 0.25) is 0 Å². The molecule has 0 fully saturated rings. The number of hydrogen-bond donors (Lipinski definition) is 1. The van der Waals surface area contributed by atoms with Gasteiger partial charge in [-0.05, 0) is 37.6 Å². The maximum absolute atomic E-state index is 13.0. The first kappa shape index (κ1) is 17.0. The first-order valence-electron chi connectivity index (χ1n) is 7.95. The van der Waals surface area contributed by atoms with E-state index in [1.165, 1.54) is 44.2 Å². The predicted molar refractivity (Wildman–Crippen MR) is 85.6 cm³/mol. The van der Waals surface area contributed by atoms with Gasteiger partial charge in [-0.15, -0.1) is 0 Å². The van der Waals surface area contributed by atoms with Crippen LogP contribution in [0, 0.1) is 5.82 Å². The van der Waals surface area contributed by atoms with Crippen molar-refractivity contribution in [3.05, 3.63) is 30.1 Å². The summed E-state index contributed by atoms with van der Waals surface area (Å²) in [6.45, 7) is 5.92. The normalized spacial score (nSPS) is 12.4. The summed E-state index contributed by atoms with van der Waals surface area (Å²) in [6.07, 6.45) is 7.53. The van der Waals surface area contributed by atoms with Crippen LogP contribution in [0.15, 0.2) is 24.3 Å². The molecule has 1 aromatic rings. The molecule has 1 aromatic carbocycles. The van der Waals surface area contributed by atoms with E-state index in [1.807, 2.05) is 12.1 Å². The van der Waals surface area contributed by atoms with Gasteiger partial charge in [0.15, 0.2) is 0 Å². The third-order valence-electron chi connectivity index (χ3n) is 3.85. The predicted octanol–water partition coefficient (Wildman–Crippen LogP) is 4.34. The lowest BCUT2D eigenvalue weighted by Gasteiger charge is -2.32. The molecule has 0 amide bonds. The molecule has 2 N–H and O–H groups in total. The molecular weight excluding hydrogens is 251 g/mol. The molecule has 0 saturated carbocycles. The number of rotatable bonds is 10. The van der Waals surface area contributed by atoms with E-state index in [-0.39, 0.29) is 5.82 Å². The third kappa shape index (κ3) is 5.49. The first-order valence-corrected chi connectivity index (χ1v) is 7.95. The molecule has 0 bridgehead atoms. The Morgan fingerprint density at radius 1 is 1.05 bits per heavy atom. The second-order valence-electron chi connectivity index (χ2n) is 5.35. The molecule has 0 radical (unpaired) electrons. The van der Waals surface area contributed by atoms with Crippen LogP contribution in [0.3, 0.4) is 0 Å². The minimum Gasteiger partial charge on any atom is -0.368 e. The zero-order valence-electron chi connectivity index (χ0n) is 12.9. The molecule has 0 aromatic heterocycles. The zero-order valence-corrected chi connectivity index (χ0v) is 12.9. The molecule has 1 unspecified atom stereocenters. The van der Waals surface area contributed by atoms with Crippen molar-refractivity contribution in [2.75, 3.05) is 18.0 Å². The summed E-state index contributed by atoms with van der Waals surface area (Å²) in [5, 5.41) is 0. The van der Waals surface area contributed by atoms with Crippen molar-refractivity contribution in [3.8, 4) is 0 Å². The van der Waals surface area contributed by atoms with Crippen molar-refractivity contribution in [2.24, 2.45) is 5.73 Å². The van der Waals surface area contributed by atoms with Gasteiger partial charge < -0.3 is 10.6 Å². The van der Waals surface area contributed by atoms with E-state index in [4.69, 9.17) is 5.73 Å². The summed E-state index contributed by atoms with van der Waals surface area (Å²) in [5.41, 5.74) is 7.01. The standard InChI is InChI=1S/C17H29FN2/c1-3-5-6-7-8-9-17(14-19)20(4-2)16-12-10-15(18)11-13-16/h10-13,17H,3-9,14,19H2,1-2H3. The fourth-order valence-corrected chi connectivity index (χ4v) is 2.67. The second-order valence-corrected chi connectivity index (χ2v) is 5.35. The molecule has 0 heterocycles. The molecule has 0 saturated heterocycles. The first-order chi connectivity index (χ1) is 9.72. The minimum atomic E-state index is -0.186. The summed E-state index contributed by atoms with van der Waals surface area (Å²) >= 11 is 0. The largest absolute Gasteiger partial charge is 0.368 e. The Morgan fingerprint density at radius 2 is 1.70 bits per heavy atom. The summed E-state index contributed by atoms with van der Waals surface area (Å²) in [4.78, 5) is 2.29. The average molecular weight is 280 g/mol. The number of nitrogens with zero attached hydrogens (tertiary/aromatic N) is 1. The Balaban J connectivity index is 2.53. The summed E-state index contributed by atoms with van der Waals surface area (Å²) < 4.78 is 13.0. The molecular formula is C17H29FN2. The van der Waals surface area contributed by atoms with Crippen molar-refractivity contribution in [1.82, 2.24) is 0 Å². The Bertz CT molecular complexity index is 351. The summed E-state index contributed by atoms with van der Waals surface area (Å²) in [7, 11) is 0. The van der Waals surface area contributed by atoms with Crippen molar-refractivity contribution < 1.29 is 4.39 Å². The number of unbranched alkanes of at least 4 members (excludes halogenated alkanes) is 4. The van der Waals surface area contributed by atoms with Crippen LogP contribution >= 0.6 is 0 Å². The van der Waals surface area contributed by atoms with Crippen LogP contribution in [0.25, 0.3) is 0 Å². The Morgan fingerprint density at radius 3 is 2.25 bits per heavy atom. The second kappa shape index (κ2) is 9.76. The van der Waals surface area contributed by atoms with Crippen molar-refractivity contribution in [1.29, 1.82) is 0 Å². The van der Waals surface area contributed by atoms with Gasteiger partial charge in [-0.1, -0.05) is 39.0 Å². The lowest BCUT2D eigenvalue weighted by Crippen LogP contribution is -2.40. The van der Waals surface area contributed by atoms with Gasteiger partial charge in [0.05, 0.1) is 0 Å². The minimum absolute atomic E-state index is 0.186. The summed E-state index contributed by atoms with van der Waals surface area (Å²) in [6, 6.07) is 7.09. The van der Waals surface area contributed by atoms with Crippen LogP contribution in [-0.2, 0) is 0 Å². The maximum Gasteiger partial charge on any atom is 0.123 e. The fourth-order valence-electron chi connectivity index (χ4n) is 2.67. The highest BCUT2D eigenvalue weighted by Gasteiger charge is 2.15. The molecule has 0 spiro atoms. The topological polar surface area (TPSA) is 29.3 Å². The number of benzene rings is 1. The molecule has 0 aliphatic carbocycles. The average Bonchev–Trinajstić information content (AvgIpc) is 2.47. The summed E-state index contributed by atoms with van der Waals surface area (Å²) in [5.74, 6) is -0.186. The van der Waals surface area contributed by atoms with Crippen LogP contribution in [0.1, 0.15) is 52.4 Å². The van der Waals surface area contributed by atoms with E-state index in [9.17, 15) is 4.39 Å². The van der Waals surface area contributed by atoms with Gasteiger partial charge in [0, 0.05) is 24.8 Å². The number of hydrogen-bond acceptors (Lipinski definition) is 2. The van der Waals surface area contributed by atoms with E-state index in [0.29, 0.717) is 12.6 Å². The van der Waals surface area contributed by atoms with Gasteiger partial charge in [0.25, 0.3) is 0 Å². The number of nitrogens with two attached hydrogens (primary N) is 1. The van der Waals surface area contributed by atoms with Crippen LogP contribution in [-0.4, -0.2) is 19.1 Å². The molecule has 2 nitrogen and oxygen atoms in total. The Labute approximate surface area is 123 Å². The van der Waals surface area contributed by atoms with E-state index < -0.39 is 0 Å². The van der Waals surface area contributed by atoms with Crippen LogP contribution in [0.5, 0.6) is 0 Å². The van der Waals surface area contributed by atoms with Crippen molar-refractivity contribution in [2.45, 2.75) is 58.4 Å². The van der Waals surface area contributed by atoms with Gasteiger partial charge in [-0.2, -0.15) is 0 Å². The molecule has 3 heteroatoms. The highest BCUT2D eigenvalue weighted by molar-refractivity contribution is 5.47. The van der Waals surface area contributed by atoms with Crippen LogP contribution < -0.4 is 10.6 Å². The van der Waals surface area contributed by atoms with Gasteiger partial charge in [0.1, 0.15) is 5.82 Å². The molecule has 0 aliphatic rings. The highest BCUT2D eigenvalue weighted by atomic mass is 19.1. The smallest absolute Gasteiger partial charge is 0.123 e. The fraction of sp³-hybridized carbons (Fsp3) is 0.647. The quantitative estimate of drug-likeness (QED) is 0.646. The van der Waals surface area contributed by atoms with Gasteiger partial charge >= 0.3 is 0 Å². The Kier molecular flexibility index (Phi) is 8.28. The SMILES string of the molecule is CCCCCCCC(CN)N(CC)c1ccc(F)cc1. The highest BCUT2D eigenvalue weighted by Crippen LogP contribution is 2.20. The molecule has 1 rings (SSSR count). The van der Waals surface area contributed by atoms with E-state index in [0.717, 1.165) is 18.7 Å². The lowest BCUT2D eigenvalue weighted by atomic mass is 10.0. The molecule has 20 heavy (non-hydrogen) atoms. The molecule has 1 atom stereocenters. The van der Waals surface area contributed by atoms with Gasteiger partial charge in [-0.3, -0.25) is 0 Å².